The lowest BCUT2D eigenvalue weighted by Crippen LogP contribution is -2.16. The number of anilines is 1. The Kier molecular flexibility index (Phi) is 3.51. The molecule has 0 aromatic heterocycles. The zero-order valence-corrected chi connectivity index (χ0v) is 10.5. The van der Waals surface area contributed by atoms with E-state index in [1.54, 1.807) is 12.1 Å². The van der Waals surface area contributed by atoms with Crippen molar-refractivity contribution in [1.29, 1.82) is 0 Å². The Morgan fingerprint density at radius 2 is 1.78 bits per heavy atom. The predicted molar refractivity (Wildman–Crippen MR) is 71.4 cm³/mol. The second-order valence-corrected chi connectivity index (χ2v) is 4.42. The number of halogens is 1. The van der Waals surface area contributed by atoms with Gasteiger partial charge >= 0.3 is 0 Å². The lowest BCUT2D eigenvalue weighted by molar-refractivity contribution is 0.463. The first-order valence-corrected chi connectivity index (χ1v) is 5.82. The van der Waals surface area contributed by atoms with Crippen molar-refractivity contribution in [2.45, 2.75) is 13.5 Å². The van der Waals surface area contributed by atoms with E-state index < -0.39 is 0 Å². The van der Waals surface area contributed by atoms with Crippen molar-refractivity contribution in [3.8, 4) is 5.75 Å². The molecule has 2 rings (SSSR count). The molecule has 0 heterocycles. The van der Waals surface area contributed by atoms with E-state index in [2.05, 4.69) is 0 Å². The van der Waals surface area contributed by atoms with E-state index in [4.69, 9.17) is 0 Å². The zero-order chi connectivity index (χ0) is 13.1. The van der Waals surface area contributed by atoms with Crippen molar-refractivity contribution >= 4 is 5.69 Å². The number of aromatic hydroxyl groups is 1. The van der Waals surface area contributed by atoms with Crippen LogP contribution in [0.3, 0.4) is 0 Å². The van der Waals surface area contributed by atoms with E-state index in [1.165, 1.54) is 12.1 Å². The molecule has 0 aliphatic heterocycles. The molecule has 0 aliphatic rings. The van der Waals surface area contributed by atoms with Crippen molar-refractivity contribution in [1.82, 2.24) is 0 Å². The van der Waals surface area contributed by atoms with Gasteiger partial charge in [-0.3, -0.25) is 0 Å². The summed E-state index contributed by atoms with van der Waals surface area (Å²) in [5.74, 6) is 0.0806. The smallest absolute Gasteiger partial charge is 0.123 e. The highest BCUT2D eigenvalue weighted by molar-refractivity contribution is 5.48. The number of para-hydroxylation sites is 1. The number of nitrogens with zero attached hydrogens (tertiary/aromatic N) is 1. The summed E-state index contributed by atoms with van der Waals surface area (Å²) < 4.78 is 12.8. The normalized spacial score (nSPS) is 10.4. The molecule has 0 amide bonds. The molecule has 0 aliphatic carbocycles. The van der Waals surface area contributed by atoms with Gasteiger partial charge in [-0.25, -0.2) is 4.39 Å². The molecule has 0 saturated carbocycles. The van der Waals surface area contributed by atoms with E-state index in [1.807, 2.05) is 37.1 Å². The van der Waals surface area contributed by atoms with Crippen LogP contribution in [-0.2, 0) is 6.54 Å². The minimum Gasteiger partial charge on any atom is -0.507 e. The minimum absolute atomic E-state index is 0.245. The molecule has 0 saturated heterocycles. The third kappa shape index (κ3) is 2.62. The number of phenolic OH excluding ortho intramolecular Hbond substituents is 1. The highest BCUT2D eigenvalue weighted by Crippen LogP contribution is 2.24. The lowest BCUT2D eigenvalue weighted by atomic mass is 10.1. The Bertz CT molecular complexity index is 537. The topological polar surface area (TPSA) is 23.5 Å². The molecule has 0 spiro atoms. The van der Waals surface area contributed by atoms with Gasteiger partial charge in [0.1, 0.15) is 11.6 Å². The van der Waals surface area contributed by atoms with Crippen LogP contribution >= 0.6 is 0 Å². The average Bonchev–Trinajstić information content (AvgIpc) is 2.36. The highest BCUT2D eigenvalue weighted by atomic mass is 19.1. The number of benzene rings is 2. The Hall–Kier alpha value is -2.03. The fourth-order valence-electron chi connectivity index (χ4n) is 1.89. The molecule has 0 radical (unpaired) electrons. The molecular weight excluding hydrogens is 229 g/mol. The molecule has 18 heavy (non-hydrogen) atoms. The van der Waals surface area contributed by atoms with Crippen LogP contribution < -0.4 is 4.90 Å². The molecule has 2 aromatic carbocycles. The molecule has 2 aromatic rings. The van der Waals surface area contributed by atoms with Crippen molar-refractivity contribution in [2.75, 3.05) is 11.9 Å². The summed E-state index contributed by atoms with van der Waals surface area (Å²) in [4.78, 5) is 1.97. The molecule has 1 N–H and O–H groups in total. The third-order valence-electron chi connectivity index (χ3n) is 3.00. The summed E-state index contributed by atoms with van der Waals surface area (Å²) in [6.07, 6.45) is 0. The summed E-state index contributed by atoms with van der Waals surface area (Å²) in [5, 5.41) is 9.95. The second kappa shape index (κ2) is 5.08. The summed E-state index contributed by atoms with van der Waals surface area (Å²) in [6, 6.07) is 12.0. The van der Waals surface area contributed by atoms with Crippen LogP contribution in [0, 0.1) is 12.7 Å². The average molecular weight is 245 g/mol. The minimum atomic E-state index is -0.245. The molecular formula is C15H16FNO. The second-order valence-electron chi connectivity index (χ2n) is 4.42. The maximum atomic E-state index is 12.8. The van der Waals surface area contributed by atoms with Crippen LogP contribution in [-0.4, -0.2) is 12.2 Å². The van der Waals surface area contributed by atoms with E-state index in [0.29, 0.717) is 12.3 Å². The molecule has 0 atom stereocenters. The van der Waals surface area contributed by atoms with Gasteiger partial charge in [-0.05, 0) is 36.8 Å². The number of hydrogen-bond donors (Lipinski definition) is 1. The quantitative estimate of drug-likeness (QED) is 0.895. The number of aryl methyl sites for hydroxylation is 1. The number of rotatable bonds is 3. The molecule has 0 bridgehead atoms. The Morgan fingerprint density at radius 3 is 2.44 bits per heavy atom. The van der Waals surface area contributed by atoms with Crippen molar-refractivity contribution in [3.63, 3.8) is 0 Å². The van der Waals surface area contributed by atoms with Gasteiger partial charge in [0.25, 0.3) is 0 Å². The highest BCUT2D eigenvalue weighted by Gasteiger charge is 2.07. The van der Waals surface area contributed by atoms with Gasteiger partial charge < -0.3 is 10.0 Å². The number of phenols is 1. The van der Waals surface area contributed by atoms with Crippen molar-refractivity contribution in [3.05, 3.63) is 59.4 Å². The molecule has 94 valence electrons. The van der Waals surface area contributed by atoms with Crippen LogP contribution in [0.4, 0.5) is 10.1 Å². The summed E-state index contributed by atoms with van der Waals surface area (Å²) in [6.45, 7) is 2.45. The van der Waals surface area contributed by atoms with Gasteiger partial charge in [0.2, 0.25) is 0 Å². The first-order valence-electron chi connectivity index (χ1n) is 5.82. The number of hydrogen-bond acceptors (Lipinski definition) is 2. The van der Waals surface area contributed by atoms with Crippen molar-refractivity contribution in [2.24, 2.45) is 0 Å². The van der Waals surface area contributed by atoms with Gasteiger partial charge in [0.05, 0.1) is 0 Å². The monoisotopic (exact) mass is 245 g/mol. The third-order valence-corrected chi connectivity index (χ3v) is 3.00. The summed E-state index contributed by atoms with van der Waals surface area (Å²) in [5.41, 5.74) is 2.64. The van der Waals surface area contributed by atoms with Crippen molar-refractivity contribution < 1.29 is 9.50 Å². The SMILES string of the molecule is Cc1cccc(CN(C)c2ccc(F)cc2)c1O. The van der Waals surface area contributed by atoms with Crippen LogP contribution in [0.2, 0.25) is 0 Å². The standard InChI is InChI=1S/C15H16FNO/c1-11-4-3-5-12(15(11)18)10-17(2)14-8-6-13(16)7-9-14/h3-9,18H,10H2,1-2H3. The fourth-order valence-corrected chi connectivity index (χ4v) is 1.89. The molecule has 3 heteroatoms. The largest absolute Gasteiger partial charge is 0.507 e. The maximum absolute atomic E-state index is 12.8. The maximum Gasteiger partial charge on any atom is 0.123 e. The summed E-state index contributed by atoms with van der Waals surface area (Å²) >= 11 is 0. The van der Waals surface area contributed by atoms with Gasteiger partial charge in [0.15, 0.2) is 0 Å². The molecule has 0 fully saturated rings. The summed E-state index contributed by atoms with van der Waals surface area (Å²) in [7, 11) is 1.91. The van der Waals surface area contributed by atoms with Crippen LogP contribution in [0.5, 0.6) is 5.75 Å². The zero-order valence-electron chi connectivity index (χ0n) is 10.5. The first-order chi connectivity index (χ1) is 8.58. The molecule has 0 unspecified atom stereocenters. The van der Waals surface area contributed by atoms with E-state index in [9.17, 15) is 9.50 Å². The van der Waals surface area contributed by atoms with Crippen LogP contribution in [0.15, 0.2) is 42.5 Å². The van der Waals surface area contributed by atoms with E-state index >= 15 is 0 Å². The van der Waals surface area contributed by atoms with E-state index in [-0.39, 0.29) is 5.82 Å². The van der Waals surface area contributed by atoms with Gasteiger partial charge in [-0.1, -0.05) is 18.2 Å². The fraction of sp³-hybridized carbons (Fsp3) is 0.200. The lowest BCUT2D eigenvalue weighted by Gasteiger charge is -2.20. The first kappa shape index (κ1) is 12.4. The predicted octanol–water partition coefficient (Wildman–Crippen LogP) is 3.48. The Balaban J connectivity index is 2.18. The Morgan fingerprint density at radius 1 is 1.11 bits per heavy atom. The Labute approximate surface area is 106 Å². The molecule has 2 nitrogen and oxygen atoms in total. The van der Waals surface area contributed by atoms with E-state index in [0.717, 1.165) is 16.8 Å². The van der Waals surface area contributed by atoms with Gasteiger partial charge in [0, 0.05) is 24.8 Å². The van der Waals surface area contributed by atoms with Gasteiger partial charge in [-0.2, -0.15) is 0 Å². The van der Waals surface area contributed by atoms with Crippen LogP contribution in [0.1, 0.15) is 11.1 Å². The van der Waals surface area contributed by atoms with Gasteiger partial charge in [-0.15, -0.1) is 0 Å². The van der Waals surface area contributed by atoms with Crippen LogP contribution in [0.25, 0.3) is 0 Å².